The van der Waals surface area contributed by atoms with Crippen LogP contribution in [0.5, 0.6) is 5.75 Å². The van der Waals surface area contributed by atoms with Gasteiger partial charge in [0.05, 0.1) is 11.3 Å². The molecule has 0 bridgehead atoms. The monoisotopic (exact) mass is 467 g/mol. The van der Waals surface area contributed by atoms with Crippen molar-refractivity contribution in [2.75, 3.05) is 17.7 Å². The zero-order valence-electron chi connectivity index (χ0n) is 20.5. The number of anilines is 3. The number of phenols is 1. The number of H-pyrrole nitrogens is 1. The van der Waals surface area contributed by atoms with Crippen molar-refractivity contribution in [3.63, 3.8) is 0 Å². The Bertz CT molecular complexity index is 1230. The van der Waals surface area contributed by atoms with Gasteiger partial charge in [0.15, 0.2) is 5.75 Å². The minimum absolute atomic E-state index is 0.0346. The van der Waals surface area contributed by atoms with Crippen molar-refractivity contribution >= 4 is 23.0 Å². The van der Waals surface area contributed by atoms with Crippen LogP contribution in [0.4, 0.5) is 17.1 Å². The molecule has 9 nitrogen and oxygen atoms in total. The maximum Gasteiger partial charge on any atom is 0.290 e. The van der Waals surface area contributed by atoms with Gasteiger partial charge in [-0.15, -0.1) is 0 Å². The molecule has 0 aliphatic rings. The smallest absolute Gasteiger partial charge is 0.290 e. The number of aryl methyl sites for hydroxylation is 1. The molecule has 4 N–H and O–H groups in total. The first-order valence-corrected chi connectivity index (χ1v) is 11.2. The third kappa shape index (κ3) is 5.86. The standard InChI is InChI=1S/C23H27N5O4.C2H6/c1-14(2)27(3)22(31)16-11-8-12-17(20(16)29)25-19-18(21(30)26-28(4)23(19)32)24-13-15-9-6-5-7-10-15;1-2/h5-12,14,24-25,29H,13H2,1-4H3,(H,26,30);1-2H3. The maximum absolute atomic E-state index is 12.8. The SMILES string of the molecule is CC.CC(C)N(C)C(=O)c1cccc(Nc2c(NCc3ccccc3)c(=O)[nH]n(C)c2=O)c1O. The van der Waals surface area contributed by atoms with E-state index < -0.39 is 11.1 Å². The highest BCUT2D eigenvalue weighted by Gasteiger charge is 2.21. The Morgan fingerprint density at radius 1 is 1.06 bits per heavy atom. The number of phenolic OH excluding ortho intramolecular Hbond substituents is 1. The molecule has 0 fully saturated rings. The van der Waals surface area contributed by atoms with E-state index >= 15 is 0 Å². The molecule has 34 heavy (non-hydrogen) atoms. The van der Waals surface area contributed by atoms with E-state index in [9.17, 15) is 19.5 Å². The molecular formula is C25H33N5O4. The van der Waals surface area contributed by atoms with Gasteiger partial charge in [-0.05, 0) is 31.5 Å². The Balaban J connectivity index is 0.00000199. The fourth-order valence-corrected chi connectivity index (χ4v) is 3.09. The number of carbonyl (C=O) groups excluding carboxylic acids is 1. The number of rotatable bonds is 7. The van der Waals surface area contributed by atoms with Gasteiger partial charge in [-0.3, -0.25) is 24.2 Å². The van der Waals surface area contributed by atoms with Gasteiger partial charge in [0, 0.05) is 26.7 Å². The summed E-state index contributed by atoms with van der Waals surface area (Å²) in [4.78, 5) is 39.6. The Morgan fingerprint density at radius 2 is 1.71 bits per heavy atom. The van der Waals surface area contributed by atoms with Crippen molar-refractivity contribution in [2.45, 2.75) is 40.3 Å². The first-order valence-electron chi connectivity index (χ1n) is 11.2. The number of hydrogen-bond donors (Lipinski definition) is 4. The predicted octanol–water partition coefficient (Wildman–Crippen LogP) is 3.64. The zero-order valence-corrected chi connectivity index (χ0v) is 20.5. The summed E-state index contributed by atoms with van der Waals surface area (Å²) in [5.74, 6) is -0.663. The molecule has 0 radical (unpaired) electrons. The molecule has 0 spiro atoms. The summed E-state index contributed by atoms with van der Waals surface area (Å²) < 4.78 is 1.05. The van der Waals surface area contributed by atoms with E-state index in [1.165, 1.54) is 24.1 Å². The Hall–Kier alpha value is -4.01. The van der Waals surface area contributed by atoms with E-state index in [2.05, 4.69) is 15.7 Å². The van der Waals surface area contributed by atoms with Gasteiger partial charge < -0.3 is 20.6 Å². The van der Waals surface area contributed by atoms with Crippen LogP contribution in [0.3, 0.4) is 0 Å². The van der Waals surface area contributed by atoms with Crippen LogP contribution in [0.1, 0.15) is 43.6 Å². The Labute approximate surface area is 199 Å². The quantitative estimate of drug-likeness (QED) is 0.394. The van der Waals surface area contributed by atoms with Crippen molar-refractivity contribution in [1.82, 2.24) is 14.7 Å². The second-order valence-corrected chi connectivity index (χ2v) is 7.73. The van der Waals surface area contributed by atoms with Crippen LogP contribution in [-0.4, -0.2) is 38.8 Å². The van der Waals surface area contributed by atoms with Crippen molar-refractivity contribution in [3.8, 4) is 5.75 Å². The van der Waals surface area contributed by atoms with E-state index in [-0.39, 0.29) is 40.3 Å². The van der Waals surface area contributed by atoms with Crippen molar-refractivity contribution in [2.24, 2.45) is 7.05 Å². The van der Waals surface area contributed by atoms with Crippen molar-refractivity contribution in [1.29, 1.82) is 0 Å². The van der Waals surface area contributed by atoms with Gasteiger partial charge in [-0.25, -0.2) is 0 Å². The van der Waals surface area contributed by atoms with E-state index in [4.69, 9.17) is 0 Å². The zero-order chi connectivity index (χ0) is 25.4. The summed E-state index contributed by atoms with van der Waals surface area (Å²) in [7, 11) is 3.07. The molecule has 0 saturated carbocycles. The van der Waals surface area contributed by atoms with Gasteiger partial charge in [0.25, 0.3) is 17.0 Å². The van der Waals surface area contributed by atoms with Crippen LogP contribution in [0.25, 0.3) is 0 Å². The van der Waals surface area contributed by atoms with Crippen LogP contribution in [0, 0.1) is 0 Å². The van der Waals surface area contributed by atoms with E-state index in [1.807, 2.05) is 58.0 Å². The molecule has 3 rings (SSSR count). The summed E-state index contributed by atoms with van der Waals surface area (Å²) in [5.41, 5.74) is 0.139. The van der Waals surface area contributed by atoms with Crippen LogP contribution in [0.15, 0.2) is 58.1 Å². The molecule has 0 atom stereocenters. The number of aromatic hydroxyl groups is 1. The molecular weight excluding hydrogens is 434 g/mol. The molecule has 9 heteroatoms. The summed E-state index contributed by atoms with van der Waals surface area (Å²) in [6, 6.07) is 14.0. The second-order valence-electron chi connectivity index (χ2n) is 7.73. The number of aromatic amines is 1. The highest BCUT2D eigenvalue weighted by Crippen LogP contribution is 2.31. The molecule has 2 aromatic carbocycles. The van der Waals surface area contributed by atoms with E-state index in [0.717, 1.165) is 10.2 Å². The lowest BCUT2D eigenvalue weighted by Crippen LogP contribution is -2.33. The summed E-state index contributed by atoms with van der Waals surface area (Å²) >= 11 is 0. The van der Waals surface area contributed by atoms with Crippen LogP contribution < -0.4 is 21.8 Å². The fourth-order valence-electron chi connectivity index (χ4n) is 3.09. The average molecular weight is 468 g/mol. The molecule has 3 aromatic rings. The number of amides is 1. The van der Waals surface area contributed by atoms with Gasteiger partial charge >= 0.3 is 0 Å². The number of aromatic nitrogens is 2. The number of nitrogens with one attached hydrogen (secondary N) is 3. The Morgan fingerprint density at radius 3 is 2.32 bits per heavy atom. The highest BCUT2D eigenvalue weighted by molar-refractivity contribution is 5.99. The Kier molecular flexibility index (Phi) is 9.06. The molecule has 0 saturated heterocycles. The summed E-state index contributed by atoms with van der Waals surface area (Å²) in [5, 5.41) is 19.1. The minimum Gasteiger partial charge on any atom is -0.505 e. The number of carbonyl (C=O) groups is 1. The van der Waals surface area contributed by atoms with Gasteiger partial charge in [-0.1, -0.05) is 50.2 Å². The van der Waals surface area contributed by atoms with Crippen LogP contribution in [-0.2, 0) is 13.6 Å². The lowest BCUT2D eigenvalue weighted by atomic mass is 10.1. The molecule has 0 aliphatic carbocycles. The highest BCUT2D eigenvalue weighted by atomic mass is 16.3. The summed E-state index contributed by atoms with van der Waals surface area (Å²) in [6.07, 6.45) is 0. The molecule has 1 aromatic heterocycles. The first-order chi connectivity index (χ1) is 16.2. The second kappa shape index (κ2) is 11.7. The number of benzene rings is 2. The molecule has 0 unspecified atom stereocenters. The van der Waals surface area contributed by atoms with E-state index in [0.29, 0.717) is 6.54 Å². The lowest BCUT2D eigenvalue weighted by Gasteiger charge is -2.22. The van der Waals surface area contributed by atoms with Gasteiger partial charge in [-0.2, -0.15) is 0 Å². The normalized spacial score (nSPS) is 10.3. The molecule has 0 aliphatic heterocycles. The van der Waals surface area contributed by atoms with E-state index in [1.54, 1.807) is 13.1 Å². The third-order valence-corrected chi connectivity index (χ3v) is 5.20. The average Bonchev–Trinajstić information content (AvgIpc) is 2.84. The van der Waals surface area contributed by atoms with Crippen molar-refractivity contribution in [3.05, 3.63) is 80.4 Å². The topological polar surface area (TPSA) is 119 Å². The van der Waals surface area contributed by atoms with Crippen LogP contribution in [0.2, 0.25) is 0 Å². The molecule has 182 valence electrons. The predicted molar refractivity (Wildman–Crippen MR) is 136 cm³/mol. The van der Waals surface area contributed by atoms with Crippen LogP contribution >= 0.6 is 0 Å². The number of hydrogen-bond acceptors (Lipinski definition) is 6. The number of para-hydroxylation sites is 1. The van der Waals surface area contributed by atoms with Gasteiger partial charge in [0.2, 0.25) is 0 Å². The molecule has 1 heterocycles. The minimum atomic E-state index is -0.504. The summed E-state index contributed by atoms with van der Waals surface area (Å²) in [6.45, 7) is 8.04. The first kappa shape index (κ1) is 26.2. The number of nitrogens with zero attached hydrogens (tertiary/aromatic N) is 2. The fraction of sp³-hybridized carbons (Fsp3) is 0.320. The molecule has 1 amide bonds. The maximum atomic E-state index is 12.8. The third-order valence-electron chi connectivity index (χ3n) is 5.20. The lowest BCUT2D eigenvalue weighted by molar-refractivity contribution is 0.0752. The largest absolute Gasteiger partial charge is 0.505 e. The van der Waals surface area contributed by atoms with Gasteiger partial charge in [0.1, 0.15) is 11.4 Å². The van der Waals surface area contributed by atoms with Crippen molar-refractivity contribution < 1.29 is 9.90 Å².